The second-order valence-corrected chi connectivity index (χ2v) is 10.1. The summed E-state index contributed by atoms with van der Waals surface area (Å²) < 4.78 is 6.88. The average molecular weight is 529 g/mol. The predicted octanol–water partition coefficient (Wildman–Crippen LogP) is 6.08. The number of carbonyl (C=O) groups excluding carboxylic acids is 2. The Bertz CT molecular complexity index is 1540. The SMILES string of the molecule is COC(=O)c1c(Cc2ccc(C(=O)NC3CCCCC3)cc2)c(=O)c2ccc(Cl)cc2n1-c1ccccc1. The minimum absolute atomic E-state index is 0.0901. The smallest absolute Gasteiger partial charge is 0.355 e. The monoisotopic (exact) mass is 528 g/mol. The molecule has 1 fully saturated rings. The Labute approximate surface area is 226 Å². The molecule has 38 heavy (non-hydrogen) atoms. The quantitative estimate of drug-likeness (QED) is 0.307. The number of hydrogen-bond donors (Lipinski definition) is 1. The highest BCUT2D eigenvalue weighted by molar-refractivity contribution is 6.31. The first-order valence-electron chi connectivity index (χ1n) is 12.9. The summed E-state index contributed by atoms with van der Waals surface area (Å²) in [5, 5.41) is 4.03. The zero-order valence-corrected chi connectivity index (χ0v) is 22.0. The van der Waals surface area contributed by atoms with Crippen LogP contribution in [0.5, 0.6) is 0 Å². The Morgan fingerprint density at radius 1 is 0.974 bits per heavy atom. The second-order valence-electron chi connectivity index (χ2n) is 9.66. The van der Waals surface area contributed by atoms with Crippen LogP contribution in [0.4, 0.5) is 0 Å². The first-order chi connectivity index (χ1) is 18.5. The van der Waals surface area contributed by atoms with Crippen LogP contribution in [0, 0.1) is 0 Å². The van der Waals surface area contributed by atoms with Gasteiger partial charge in [0.05, 0.1) is 12.6 Å². The molecule has 1 saturated carbocycles. The van der Waals surface area contributed by atoms with Crippen molar-refractivity contribution in [3.05, 3.63) is 110 Å². The fourth-order valence-electron chi connectivity index (χ4n) is 5.22. The van der Waals surface area contributed by atoms with E-state index in [4.69, 9.17) is 16.3 Å². The molecule has 0 aliphatic heterocycles. The number of esters is 1. The fraction of sp³-hybridized carbons (Fsp3) is 0.258. The van der Waals surface area contributed by atoms with E-state index in [1.807, 2.05) is 42.5 Å². The summed E-state index contributed by atoms with van der Waals surface area (Å²) >= 11 is 6.30. The zero-order chi connectivity index (χ0) is 26.6. The maximum Gasteiger partial charge on any atom is 0.355 e. The minimum Gasteiger partial charge on any atom is -0.464 e. The third-order valence-electron chi connectivity index (χ3n) is 7.16. The van der Waals surface area contributed by atoms with Gasteiger partial charge in [-0.3, -0.25) is 9.59 Å². The number of carbonyl (C=O) groups is 2. The molecule has 5 rings (SSSR count). The molecule has 4 aromatic rings. The van der Waals surface area contributed by atoms with Crippen LogP contribution in [-0.4, -0.2) is 29.6 Å². The average Bonchev–Trinajstić information content (AvgIpc) is 2.95. The normalized spacial score (nSPS) is 13.8. The third-order valence-corrected chi connectivity index (χ3v) is 7.39. The molecule has 7 heteroatoms. The lowest BCUT2D eigenvalue weighted by molar-refractivity contribution is 0.0589. The lowest BCUT2D eigenvalue weighted by Crippen LogP contribution is -2.36. The van der Waals surface area contributed by atoms with Gasteiger partial charge < -0.3 is 14.6 Å². The van der Waals surface area contributed by atoms with Gasteiger partial charge in [0.2, 0.25) is 0 Å². The Kier molecular flexibility index (Phi) is 7.61. The molecule has 0 bridgehead atoms. The van der Waals surface area contributed by atoms with Crippen LogP contribution < -0.4 is 10.7 Å². The van der Waals surface area contributed by atoms with Crippen LogP contribution in [-0.2, 0) is 11.2 Å². The molecule has 1 heterocycles. The van der Waals surface area contributed by atoms with Gasteiger partial charge in [0.1, 0.15) is 5.69 Å². The van der Waals surface area contributed by atoms with Gasteiger partial charge in [-0.2, -0.15) is 0 Å². The van der Waals surface area contributed by atoms with Crippen molar-refractivity contribution < 1.29 is 14.3 Å². The topological polar surface area (TPSA) is 77.4 Å². The van der Waals surface area contributed by atoms with E-state index >= 15 is 0 Å². The molecule has 0 atom stereocenters. The maximum atomic E-state index is 13.7. The Balaban J connectivity index is 1.57. The molecule has 0 radical (unpaired) electrons. The molecule has 1 N–H and O–H groups in total. The summed E-state index contributed by atoms with van der Waals surface area (Å²) in [4.78, 5) is 39.7. The third kappa shape index (κ3) is 5.22. The van der Waals surface area contributed by atoms with Gasteiger partial charge >= 0.3 is 5.97 Å². The Hall–Kier alpha value is -3.90. The van der Waals surface area contributed by atoms with Crippen LogP contribution in [0.15, 0.2) is 77.6 Å². The number of hydrogen-bond acceptors (Lipinski definition) is 4. The number of ether oxygens (including phenoxy) is 1. The number of fused-ring (bicyclic) bond motifs is 1. The Morgan fingerprint density at radius 3 is 2.37 bits per heavy atom. The van der Waals surface area contributed by atoms with Gasteiger partial charge in [-0.15, -0.1) is 0 Å². The molecule has 0 saturated heterocycles. The number of methoxy groups -OCH3 is 1. The maximum absolute atomic E-state index is 13.7. The highest BCUT2D eigenvalue weighted by Gasteiger charge is 2.25. The van der Waals surface area contributed by atoms with Crippen molar-refractivity contribution in [2.45, 2.75) is 44.6 Å². The number of halogens is 1. The first kappa shape index (κ1) is 25.7. The van der Waals surface area contributed by atoms with E-state index in [9.17, 15) is 14.4 Å². The van der Waals surface area contributed by atoms with Gasteiger partial charge in [0, 0.05) is 39.7 Å². The number of nitrogens with one attached hydrogen (secondary N) is 1. The predicted molar refractivity (Wildman–Crippen MR) is 149 cm³/mol. The van der Waals surface area contributed by atoms with E-state index in [1.165, 1.54) is 13.5 Å². The Morgan fingerprint density at radius 2 is 1.68 bits per heavy atom. The van der Waals surface area contributed by atoms with E-state index in [2.05, 4.69) is 5.32 Å². The molecule has 1 aromatic heterocycles. The number of benzene rings is 3. The lowest BCUT2D eigenvalue weighted by Gasteiger charge is -2.22. The van der Waals surface area contributed by atoms with Crippen molar-refractivity contribution in [1.29, 1.82) is 0 Å². The standard InChI is InChI=1S/C31H29ClN2O4/c1-38-31(37)28-26(18-20-12-14-21(15-13-20)30(36)33-23-8-4-2-5-9-23)29(35)25-17-16-22(32)19-27(25)34(28)24-10-6-3-7-11-24/h3,6-7,10-17,19,23H,2,4-5,8-9,18H2,1H3,(H,33,36). The van der Waals surface area contributed by atoms with Crippen LogP contribution >= 0.6 is 11.6 Å². The molecular formula is C31H29ClN2O4. The summed E-state index contributed by atoms with van der Waals surface area (Å²) in [7, 11) is 1.30. The molecule has 1 aliphatic carbocycles. The van der Waals surface area contributed by atoms with Crippen LogP contribution in [0.2, 0.25) is 5.02 Å². The van der Waals surface area contributed by atoms with Crippen LogP contribution in [0.1, 0.15) is 64.1 Å². The lowest BCUT2D eigenvalue weighted by atomic mass is 9.95. The number of nitrogens with zero attached hydrogens (tertiary/aromatic N) is 1. The van der Waals surface area contributed by atoms with Crippen molar-refractivity contribution in [1.82, 2.24) is 9.88 Å². The minimum atomic E-state index is -0.619. The summed E-state index contributed by atoms with van der Waals surface area (Å²) in [5.74, 6) is -0.709. The summed E-state index contributed by atoms with van der Waals surface area (Å²) in [6.07, 6.45) is 5.74. The van der Waals surface area contributed by atoms with E-state index in [0.717, 1.165) is 31.2 Å². The van der Waals surface area contributed by atoms with Crippen molar-refractivity contribution in [2.75, 3.05) is 7.11 Å². The van der Waals surface area contributed by atoms with E-state index < -0.39 is 5.97 Å². The number of aromatic nitrogens is 1. The number of pyridine rings is 1. The van der Waals surface area contributed by atoms with Crippen molar-refractivity contribution >= 4 is 34.4 Å². The molecule has 194 valence electrons. The van der Waals surface area contributed by atoms with Gasteiger partial charge in [0.15, 0.2) is 5.43 Å². The van der Waals surface area contributed by atoms with Crippen LogP contribution in [0.25, 0.3) is 16.6 Å². The fourth-order valence-corrected chi connectivity index (χ4v) is 5.39. The largest absolute Gasteiger partial charge is 0.464 e. The molecular weight excluding hydrogens is 500 g/mol. The molecule has 0 unspecified atom stereocenters. The van der Waals surface area contributed by atoms with Crippen molar-refractivity contribution in [2.24, 2.45) is 0 Å². The number of rotatable bonds is 6. The number of amides is 1. The summed E-state index contributed by atoms with van der Waals surface area (Å²) in [6, 6.07) is 21.8. The highest BCUT2D eigenvalue weighted by atomic mass is 35.5. The summed E-state index contributed by atoms with van der Waals surface area (Å²) in [5.41, 5.74) is 2.80. The molecule has 1 aliphatic rings. The second kappa shape index (κ2) is 11.2. The zero-order valence-electron chi connectivity index (χ0n) is 21.2. The van der Waals surface area contributed by atoms with E-state index in [0.29, 0.717) is 32.7 Å². The van der Waals surface area contributed by atoms with Gasteiger partial charge in [-0.05, 0) is 60.9 Å². The van der Waals surface area contributed by atoms with Gasteiger partial charge in [-0.25, -0.2) is 4.79 Å². The van der Waals surface area contributed by atoms with E-state index in [1.54, 1.807) is 34.9 Å². The highest BCUT2D eigenvalue weighted by Crippen LogP contribution is 2.26. The molecule has 3 aromatic carbocycles. The van der Waals surface area contributed by atoms with Gasteiger partial charge in [0.25, 0.3) is 5.91 Å². The van der Waals surface area contributed by atoms with E-state index in [-0.39, 0.29) is 29.5 Å². The molecule has 1 amide bonds. The van der Waals surface area contributed by atoms with Gasteiger partial charge in [-0.1, -0.05) is 61.2 Å². The molecule has 6 nitrogen and oxygen atoms in total. The number of para-hydroxylation sites is 1. The first-order valence-corrected chi connectivity index (χ1v) is 13.2. The van der Waals surface area contributed by atoms with Crippen molar-refractivity contribution in [3.63, 3.8) is 0 Å². The summed E-state index contributed by atoms with van der Waals surface area (Å²) in [6.45, 7) is 0. The van der Waals surface area contributed by atoms with Crippen LogP contribution in [0.3, 0.4) is 0 Å². The molecule has 0 spiro atoms. The van der Waals surface area contributed by atoms with Crippen molar-refractivity contribution in [3.8, 4) is 5.69 Å².